The third-order valence-electron chi connectivity index (χ3n) is 8.76. The molecule has 262 valence electrons. The number of anilines is 2. The summed E-state index contributed by atoms with van der Waals surface area (Å²) in [6.45, 7) is 6.64. The van der Waals surface area contributed by atoms with E-state index in [0.29, 0.717) is 47.3 Å². The van der Waals surface area contributed by atoms with E-state index in [4.69, 9.17) is 18.9 Å². The Hall–Kier alpha value is -4.81. The number of carbonyl (C=O) groups excluding carboxylic acids is 3. The lowest BCUT2D eigenvalue weighted by molar-refractivity contribution is -0.0149. The Morgan fingerprint density at radius 3 is 2.39 bits per heavy atom. The molecule has 0 saturated carbocycles. The molecule has 2 aliphatic heterocycles. The number of aliphatic hydroxyl groups is 1. The molecule has 2 heterocycles. The van der Waals surface area contributed by atoms with Crippen LogP contribution in [0.15, 0.2) is 66.7 Å². The number of rotatable bonds is 7. The molecule has 3 aromatic carbocycles. The van der Waals surface area contributed by atoms with Gasteiger partial charge in [0.15, 0.2) is 11.5 Å². The summed E-state index contributed by atoms with van der Waals surface area (Å²) in [7, 11) is 1.75. The monoisotopic (exact) mass is 674 g/mol. The number of aliphatic hydroxyl groups excluding tert-OH is 1. The van der Waals surface area contributed by atoms with Gasteiger partial charge in [0.1, 0.15) is 5.75 Å². The predicted molar refractivity (Wildman–Crippen MR) is 185 cm³/mol. The summed E-state index contributed by atoms with van der Waals surface area (Å²) in [5.41, 5.74) is 1.74. The van der Waals surface area contributed by atoms with Crippen molar-refractivity contribution < 1.29 is 38.4 Å². The molecule has 0 radical (unpaired) electrons. The van der Waals surface area contributed by atoms with Crippen LogP contribution in [-0.2, 0) is 4.74 Å². The smallest absolute Gasteiger partial charge is 0.323 e. The molecule has 2 aliphatic rings. The van der Waals surface area contributed by atoms with Crippen molar-refractivity contribution in [3.8, 4) is 17.2 Å². The number of hydrogen-bond acceptors (Lipinski definition) is 8. The Balaban J connectivity index is 1.38. The molecule has 0 aliphatic carbocycles. The van der Waals surface area contributed by atoms with Gasteiger partial charge in [-0.3, -0.25) is 9.59 Å². The molecule has 0 aromatic heterocycles. The number of likely N-dealkylation sites (N-methyl/N-ethyl adjacent to an activating group) is 1. The number of nitrogens with one attached hydrogen (secondary N) is 2. The van der Waals surface area contributed by atoms with Crippen LogP contribution in [0.4, 0.5) is 16.2 Å². The fraction of sp³-hybridized carbons (Fsp3) is 0.432. The molecule has 3 aromatic rings. The number of benzene rings is 3. The van der Waals surface area contributed by atoms with E-state index in [-0.39, 0.29) is 55.4 Å². The maximum absolute atomic E-state index is 14.4. The highest BCUT2D eigenvalue weighted by atomic mass is 16.7. The van der Waals surface area contributed by atoms with Gasteiger partial charge in [-0.05, 0) is 75.6 Å². The summed E-state index contributed by atoms with van der Waals surface area (Å²) >= 11 is 0. The third kappa shape index (κ3) is 9.21. The minimum Gasteiger partial charge on any atom is -0.490 e. The maximum Gasteiger partial charge on any atom is 0.323 e. The highest BCUT2D eigenvalue weighted by Gasteiger charge is 2.31. The van der Waals surface area contributed by atoms with E-state index in [0.717, 1.165) is 19.3 Å². The maximum atomic E-state index is 14.4. The topological polar surface area (TPSA) is 139 Å². The second kappa shape index (κ2) is 16.5. The van der Waals surface area contributed by atoms with E-state index < -0.39 is 12.1 Å². The molecule has 12 nitrogen and oxygen atoms in total. The number of nitrogens with zero attached hydrogens (tertiary/aromatic N) is 2. The van der Waals surface area contributed by atoms with Crippen molar-refractivity contribution in [1.29, 1.82) is 0 Å². The Kier molecular flexibility index (Phi) is 12.0. The number of amides is 4. The zero-order valence-corrected chi connectivity index (χ0v) is 28.5. The SMILES string of the molecule is C[C@H]1CCCCO[C@H](CN(C)C(=O)c2ccccc2)[C@@H](C)CN([C@@H](C)CO)C(=O)c2cc(NC(=O)Nc3ccc4c(c3)OCO4)ccc2O1. The summed E-state index contributed by atoms with van der Waals surface area (Å²) in [4.78, 5) is 43.8. The molecular formula is C37H46N4O8. The van der Waals surface area contributed by atoms with Gasteiger partial charge < -0.3 is 44.5 Å². The number of fused-ring (bicyclic) bond motifs is 2. The molecule has 12 heteroatoms. The Bertz CT molecular complexity index is 1600. The quantitative estimate of drug-likeness (QED) is 0.293. The second-order valence-corrected chi connectivity index (χ2v) is 12.7. The van der Waals surface area contributed by atoms with Crippen LogP contribution in [0.5, 0.6) is 17.2 Å². The molecule has 0 bridgehead atoms. The summed E-state index contributed by atoms with van der Waals surface area (Å²) in [5.74, 6) is 0.848. The number of ether oxygens (including phenoxy) is 4. The number of urea groups is 1. The van der Waals surface area contributed by atoms with Gasteiger partial charge >= 0.3 is 6.03 Å². The normalized spacial score (nSPS) is 20.3. The van der Waals surface area contributed by atoms with Gasteiger partial charge in [-0.15, -0.1) is 0 Å². The molecule has 4 atom stereocenters. The molecular weight excluding hydrogens is 628 g/mol. The van der Waals surface area contributed by atoms with E-state index in [2.05, 4.69) is 10.6 Å². The van der Waals surface area contributed by atoms with E-state index in [1.54, 1.807) is 72.3 Å². The molecule has 49 heavy (non-hydrogen) atoms. The average molecular weight is 675 g/mol. The zero-order chi connectivity index (χ0) is 34.9. The predicted octanol–water partition coefficient (Wildman–Crippen LogP) is 5.63. The molecule has 0 unspecified atom stereocenters. The van der Waals surface area contributed by atoms with E-state index in [9.17, 15) is 19.5 Å². The summed E-state index contributed by atoms with van der Waals surface area (Å²) < 4.78 is 23.4. The van der Waals surface area contributed by atoms with Crippen LogP contribution in [0.2, 0.25) is 0 Å². The Morgan fingerprint density at radius 1 is 0.959 bits per heavy atom. The Labute approximate surface area is 287 Å². The van der Waals surface area contributed by atoms with E-state index >= 15 is 0 Å². The van der Waals surface area contributed by atoms with Crippen molar-refractivity contribution in [3.05, 3.63) is 77.9 Å². The lowest BCUT2D eigenvalue weighted by Gasteiger charge is -2.36. The van der Waals surface area contributed by atoms with E-state index in [1.807, 2.05) is 32.0 Å². The van der Waals surface area contributed by atoms with Crippen LogP contribution >= 0.6 is 0 Å². The molecule has 0 spiro atoms. The van der Waals surface area contributed by atoms with E-state index in [1.165, 1.54) is 0 Å². The van der Waals surface area contributed by atoms with Gasteiger partial charge in [-0.2, -0.15) is 0 Å². The highest BCUT2D eigenvalue weighted by molar-refractivity contribution is 6.02. The first-order valence-corrected chi connectivity index (χ1v) is 16.7. The number of hydrogen-bond donors (Lipinski definition) is 3. The first-order valence-electron chi connectivity index (χ1n) is 16.7. The number of carbonyl (C=O) groups is 3. The van der Waals surface area contributed by atoms with Crippen LogP contribution < -0.4 is 24.8 Å². The molecule has 4 amide bonds. The minimum absolute atomic E-state index is 0.116. The van der Waals surface area contributed by atoms with Gasteiger partial charge in [0.05, 0.1) is 30.4 Å². The summed E-state index contributed by atoms with van der Waals surface area (Å²) in [6.07, 6.45) is 1.81. The lowest BCUT2D eigenvalue weighted by Crippen LogP contribution is -2.48. The molecule has 0 fully saturated rings. The molecule has 0 saturated heterocycles. The van der Waals surface area contributed by atoms with Gasteiger partial charge in [0, 0.05) is 55.7 Å². The van der Waals surface area contributed by atoms with Crippen LogP contribution in [0.3, 0.4) is 0 Å². The fourth-order valence-electron chi connectivity index (χ4n) is 5.88. The van der Waals surface area contributed by atoms with Gasteiger partial charge in [-0.25, -0.2) is 4.79 Å². The lowest BCUT2D eigenvalue weighted by atomic mass is 10.0. The van der Waals surface area contributed by atoms with Crippen LogP contribution in [0.25, 0.3) is 0 Å². The van der Waals surface area contributed by atoms with Gasteiger partial charge in [0.25, 0.3) is 11.8 Å². The fourth-order valence-corrected chi connectivity index (χ4v) is 5.88. The average Bonchev–Trinajstić information content (AvgIpc) is 3.57. The van der Waals surface area contributed by atoms with Crippen LogP contribution in [0.1, 0.15) is 60.7 Å². The van der Waals surface area contributed by atoms with Crippen molar-refractivity contribution in [3.63, 3.8) is 0 Å². The van der Waals surface area contributed by atoms with Crippen LogP contribution in [0, 0.1) is 5.92 Å². The van der Waals surface area contributed by atoms with Crippen LogP contribution in [-0.4, -0.2) is 91.1 Å². The first-order chi connectivity index (χ1) is 23.6. The summed E-state index contributed by atoms with van der Waals surface area (Å²) in [5, 5.41) is 15.8. The molecule has 5 rings (SSSR count). The van der Waals surface area contributed by atoms with Gasteiger partial charge in [-0.1, -0.05) is 25.1 Å². The zero-order valence-electron chi connectivity index (χ0n) is 28.5. The van der Waals surface area contributed by atoms with Crippen molar-refractivity contribution >= 4 is 29.2 Å². The summed E-state index contributed by atoms with van der Waals surface area (Å²) in [6, 6.07) is 18.1. The first kappa shape index (κ1) is 35.5. The largest absolute Gasteiger partial charge is 0.490 e. The third-order valence-corrected chi connectivity index (χ3v) is 8.76. The van der Waals surface area contributed by atoms with Crippen molar-refractivity contribution in [2.45, 2.75) is 58.3 Å². The van der Waals surface area contributed by atoms with Crippen molar-refractivity contribution in [1.82, 2.24) is 9.80 Å². The van der Waals surface area contributed by atoms with Crippen molar-refractivity contribution in [2.75, 3.05) is 50.8 Å². The highest BCUT2D eigenvalue weighted by Crippen LogP contribution is 2.34. The molecule has 3 N–H and O–H groups in total. The Morgan fingerprint density at radius 2 is 1.65 bits per heavy atom. The second-order valence-electron chi connectivity index (χ2n) is 12.7. The minimum atomic E-state index is -0.539. The standard InChI is InChI=1S/C37H46N4O8/c1-24-20-41(25(2)22-42)36(44)30-18-28(38-37(45)39-29-14-16-32-33(19-29)48-23-47-32)13-15-31(30)49-26(3)10-8-9-17-46-34(24)21-40(4)35(43)27-11-6-5-7-12-27/h5-7,11-16,18-19,24-26,34,42H,8-10,17,20-23H2,1-4H3,(H2,38,39,45)/t24-,25-,26-,34+/m0/s1. The van der Waals surface area contributed by atoms with Crippen molar-refractivity contribution in [2.24, 2.45) is 5.92 Å². The van der Waals surface area contributed by atoms with Gasteiger partial charge in [0.2, 0.25) is 6.79 Å².